The smallest absolute Gasteiger partial charge is 0.0302 e. The summed E-state index contributed by atoms with van der Waals surface area (Å²) in [7, 11) is 0. The van der Waals surface area contributed by atoms with Gasteiger partial charge in [0.15, 0.2) is 0 Å². The van der Waals surface area contributed by atoms with Gasteiger partial charge in [0.1, 0.15) is 0 Å². The van der Waals surface area contributed by atoms with Crippen LogP contribution in [0.1, 0.15) is 24.8 Å². The lowest BCUT2D eigenvalue weighted by molar-refractivity contribution is 0.486. The minimum Gasteiger partial charge on any atom is -0.316 e. The molecule has 70 valence electrons. The number of aromatic nitrogens is 1. The van der Waals surface area contributed by atoms with Crippen molar-refractivity contribution in [1.82, 2.24) is 10.3 Å². The molecule has 1 saturated heterocycles. The average molecular weight is 176 g/mol. The van der Waals surface area contributed by atoms with Gasteiger partial charge in [0.25, 0.3) is 0 Å². The zero-order chi connectivity index (χ0) is 9.10. The first-order chi connectivity index (χ1) is 6.38. The fraction of sp³-hybridized carbons (Fsp3) is 0.545. The molecule has 2 heteroatoms. The molecule has 0 saturated carbocycles. The SMILES string of the molecule is C[C@H](c1cccnc1)[C@@H]1CCNC1. The van der Waals surface area contributed by atoms with Crippen LogP contribution >= 0.6 is 0 Å². The molecule has 1 fully saturated rings. The van der Waals surface area contributed by atoms with Crippen LogP contribution in [0.15, 0.2) is 24.5 Å². The van der Waals surface area contributed by atoms with Crippen LogP contribution in [-0.4, -0.2) is 18.1 Å². The summed E-state index contributed by atoms with van der Waals surface area (Å²) in [5.74, 6) is 1.44. The van der Waals surface area contributed by atoms with E-state index in [1.54, 1.807) is 0 Å². The predicted molar refractivity (Wildman–Crippen MR) is 53.6 cm³/mol. The zero-order valence-corrected chi connectivity index (χ0v) is 8.03. The second-order valence-electron chi connectivity index (χ2n) is 3.83. The molecule has 0 aliphatic carbocycles. The fourth-order valence-corrected chi connectivity index (χ4v) is 2.02. The highest BCUT2D eigenvalue weighted by molar-refractivity contribution is 5.15. The zero-order valence-electron chi connectivity index (χ0n) is 8.03. The molecule has 1 N–H and O–H groups in total. The summed E-state index contributed by atoms with van der Waals surface area (Å²) < 4.78 is 0. The van der Waals surface area contributed by atoms with Crippen molar-refractivity contribution >= 4 is 0 Å². The highest BCUT2D eigenvalue weighted by atomic mass is 14.9. The van der Waals surface area contributed by atoms with Gasteiger partial charge in [-0.15, -0.1) is 0 Å². The third-order valence-corrected chi connectivity index (χ3v) is 3.02. The third-order valence-electron chi connectivity index (χ3n) is 3.02. The fourth-order valence-electron chi connectivity index (χ4n) is 2.02. The van der Waals surface area contributed by atoms with Crippen molar-refractivity contribution < 1.29 is 0 Å². The van der Waals surface area contributed by atoms with E-state index in [4.69, 9.17) is 0 Å². The topological polar surface area (TPSA) is 24.9 Å². The molecule has 0 amide bonds. The minimum absolute atomic E-state index is 0.642. The van der Waals surface area contributed by atoms with E-state index in [1.807, 2.05) is 18.5 Å². The van der Waals surface area contributed by atoms with E-state index in [0.29, 0.717) is 5.92 Å². The Morgan fingerprint density at radius 3 is 3.15 bits per heavy atom. The Hall–Kier alpha value is -0.890. The molecule has 0 radical (unpaired) electrons. The second kappa shape index (κ2) is 3.88. The Morgan fingerprint density at radius 1 is 1.62 bits per heavy atom. The molecule has 13 heavy (non-hydrogen) atoms. The number of pyridine rings is 1. The van der Waals surface area contributed by atoms with Crippen molar-refractivity contribution in [2.24, 2.45) is 5.92 Å². The lowest BCUT2D eigenvalue weighted by Gasteiger charge is -2.17. The van der Waals surface area contributed by atoms with Gasteiger partial charge in [-0.05, 0) is 43.0 Å². The van der Waals surface area contributed by atoms with Crippen LogP contribution in [0.5, 0.6) is 0 Å². The maximum absolute atomic E-state index is 4.16. The van der Waals surface area contributed by atoms with Gasteiger partial charge in [0.2, 0.25) is 0 Å². The van der Waals surface area contributed by atoms with E-state index in [1.165, 1.54) is 18.5 Å². The van der Waals surface area contributed by atoms with Crippen molar-refractivity contribution in [1.29, 1.82) is 0 Å². The predicted octanol–water partition coefficient (Wildman–Crippen LogP) is 1.79. The largest absolute Gasteiger partial charge is 0.316 e. The van der Waals surface area contributed by atoms with Crippen LogP contribution in [0.3, 0.4) is 0 Å². The molecule has 2 heterocycles. The van der Waals surface area contributed by atoms with E-state index in [0.717, 1.165) is 12.5 Å². The van der Waals surface area contributed by atoms with Crippen LogP contribution in [-0.2, 0) is 0 Å². The summed E-state index contributed by atoms with van der Waals surface area (Å²) in [6.07, 6.45) is 5.13. The molecular formula is C11H16N2. The van der Waals surface area contributed by atoms with Gasteiger partial charge in [-0.25, -0.2) is 0 Å². The number of hydrogen-bond donors (Lipinski definition) is 1. The molecular weight excluding hydrogens is 160 g/mol. The van der Waals surface area contributed by atoms with E-state index < -0.39 is 0 Å². The summed E-state index contributed by atoms with van der Waals surface area (Å²) in [4.78, 5) is 4.16. The van der Waals surface area contributed by atoms with Gasteiger partial charge >= 0.3 is 0 Å². The maximum atomic E-state index is 4.16. The molecule has 1 aromatic rings. The van der Waals surface area contributed by atoms with Gasteiger partial charge in [0, 0.05) is 12.4 Å². The van der Waals surface area contributed by atoms with Gasteiger partial charge in [-0.1, -0.05) is 13.0 Å². The Labute approximate surface area is 79.4 Å². The monoisotopic (exact) mass is 176 g/mol. The first-order valence-corrected chi connectivity index (χ1v) is 4.98. The van der Waals surface area contributed by atoms with Gasteiger partial charge in [-0.3, -0.25) is 4.98 Å². The van der Waals surface area contributed by atoms with Crippen molar-refractivity contribution in [3.05, 3.63) is 30.1 Å². The van der Waals surface area contributed by atoms with Gasteiger partial charge in [-0.2, -0.15) is 0 Å². The Bertz CT molecular complexity index is 252. The second-order valence-corrected chi connectivity index (χ2v) is 3.83. The summed E-state index contributed by atoms with van der Waals surface area (Å²) >= 11 is 0. The van der Waals surface area contributed by atoms with Crippen molar-refractivity contribution in [3.63, 3.8) is 0 Å². The molecule has 1 aliphatic rings. The van der Waals surface area contributed by atoms with E-state index in [2.05, 4.69) is 23.3 Å². The Kier molecular flexibility index (Phi) is 2.60. The Balaban J connectivity index is 2.08. The first-order valence-electron chi connectivity index (χ1n) is 4.98. The van der Waals surface area contributed by atoms with E-state index >= 15 is 0 Å². The Morgan fingerprint density at radius 2 is 2.54 bits per heavy atom. The van der Waals surface area contributed by atoms with Gasteiger partial charge in [0.05, 0.1) is 0 Å². The molecule has 0 bridgehead atoms. The summed E-state index contributed by atoms with van der Waals surface area (Å²) in [6.45, 7) is 4.64. The van der Waals surface area contributed by atoms with Crippen LogP contribution < -0.4 is 5.32 Å². The highest BCUT2D eigenvalue weighted by Crippen LogP contribution is 2.27. The van der Waals surface area contributed by atoms with Crippen LogP contribution in [0.2, 0.25) is 0 Å². The molecule has 2 nitrogen and oxygen atoms in total. The van der Waals surface area contributed by atoms with E-state index in [9.17, 15) is 0 Å². The molecule has 1 aliphatic heterocycles. The lowest BCUT2D eigenvalue weighted by atomic mass is 9.88. The maximum Gasteiger partial charge on any atom is 0.0302 e. The van der Waals surface area contributed by atoms with E-state index in [-0.39, 0.29) is 0 Å². The number of rotatable bonds is 2. The van der Waals surface area contributed by atoms with Gasteiger partial charge < -0.3 is 5.32 Å². The number of nitrogens with zero attached hydrogens (tertiary/aromatic N) is 1. The summed E-state index contributed by atoms with van der Waals surface area (Å²) in [6, 6.07) is 4.20. The average Bonchev–Trinajstić information content (AvgIpc) is 2.71. The lowest BCUT2D eigenvalue weighted by Crippen LogP contribution is -2.14. The number of hydrogen-bond acceptors (Lipinski definition) is 2. The minimum atomic E-state index is 0.642. The molecule has 0 spiro atoms. The summed E-state index contributed by atoms with van der Waals surface area (Å²) in [5, 5.41) is 3.40. The third kappa shape index (κ3) is 1.89. The van der Waals surface area contributed by atoms with Crippen molar-refractivity contribution in [3.8, 4) is 0 Å². The van der Waals surface area contributed by atoms with Crippen molar-refractivity contribution in [2.45, 2.75) is 19.3 Å². The molecule has 2 atom stereocenters. The number of nitrogens with one attached hydrogen (secondary N) is 1. The van der Waals surface area contributed by atoms with Crippen molar-refractivity contribution in [2.75, 3.05) is 13.1 Å². The summed E-state index contributed by atoms with van der Waals surface area (Å²) in [5.41, 5.74) is 1.37. The molecule has 0 unspecified atom stereocenters. The molecule has 0 aromatic carbocycles. The normalized spacial score (nSPS) is 24.5. The van der Waals surface area contributed by atoms with Crippen LogP contribution in [0, 0.1) is 5.92 Å². The quantitative estimate of drug-likeness (QED) is 0.743. The molecule has 1 aromatic heterocycles. The standard InChI is InChI=1S/C11H16N2/c1-9(11-4-6-13-8-11)10-3-2-5-12-7-10/h2-3,5,7,9,11,13H,4,6,8H2,1H3/t9-,11-/m1/s1. The van der Waals surface area contributed by atoms with Crippen LogP contribution in [0.25, 0.3) is 0 Å². The van der Waals surface area contributed by atoms with Crippen LogP contribution in [0.4, 0.5) is 0 Å². The first kappa shape index (κ1) is 8.70. The highest BCUT2D eigenvalue weighted by Gasteiger charge is 2.22. The molecule has 2 rings (SSSR count).